The predicted octanol–water partition coefficient (Wildman–Crippen LogP) is 2.67. The molecule has 0 unspecified atom stereocenters. The largest absolute Gasteiger partial charge is 0.341 e. The zero-order valence-corrected chi connectivity index (χ0v) is 15.4. The molecule has 2 saturated heterocycles. The molecule has 2 aliphatic heterocycles. The second kappa shape index (κ2) is 7.75. The fourth-order valence-corrected chi connectivity index (χ4v) is 4.47. The second-order valence-electron chi connectivity index (χ2n) is 7.90. The van der Waals surface area contributed by atoms with E-state index in [0.29, 0.717) is 18.8 Å². The molecular weight excluding hydrogens is 318 g/mol. The summed E-state index contributed by atoms with van der Waals surface area (Å²) in [5, 5.41) is 2.91. The fraction of sp³-hybridized carbons (Fsp3) is 0.842. The molecule has 1 N–H and O–H groups in total. The van der Waals surface area contributed by atoms with Gasteiger partial charge in [0.05, 0.1) is 0 Å². The van der Waals surface area contributed by atoms with Gasteiger partial charge in [-0.25, -0.2) is 4.79 Å². The van der Waals surface area contributed by atoms with E-state index < -0.39 is 5.54 Å². The monoisotopic (exact) mass is 349 g/mol. The van der Waals surface area contributed by atoms with Gasteiger partial charge in [0.15, 0.2) is 0 Å². The summed E-state index contributed by atoms with van der Waals surface area (Å²) in [6, 6.07) is -0.389. The molecule has 4 amide bonds. The molecule has 0 aromatic rings. The molecule has 0 bridgehead atoms. The minimum atomic E-state index is -0.751. The minimum Gasteiger partial charge on any atom is -0.341 e. The summed E-state index contributed by atoms with van der Waals surface area (Å²) < 4.78 is 0. The van der Waals surface area contributed by atoms with Crippen LogP contribution in [0.5, 0.6) is 0 Å². The van der Waals surface area contributed by atoms with Crippen LogP contribution in [0, 0.1) is 5.92 Å². The van der Waals surface area contributed by atoms with E-state index in [1.807, 2.05) is 4.90 Å². The maximum Gasteiger partial charge on any atom is 0.325 e. The Kier molecular flexibility index (Phi) is 5.64. The van der Waals surface area contributed by atoms with Crippen LogP contribution in [0.15, 0.2) is 0 Å². The average molecular weight is 349 g/mol. The highest BCUT2D eigenvalue weighted by Gasteiger charge is 2.52. The number of amides is 4. The van der Waals surface area contributed by atoms with Gasteiger partial charge in [0.25, 0.3) is 5.91 Å². The lowest BCUT2D eigenvalue weighted by Gasteiger charge is -2.34. The predicted molar refractivity (Wildman–Crippen MR) is 94.9 cm³/mol. The number of imide groups is 1. The molecule has 1 spiro atoms. The highest BCUT2D eigenvalue weighted by molar-refractivity contribution is 6.09. The van der Waals surface area contributed by atoms with E-state index in [1.165, 1.54) is 6.42 Å². The summed E-state index contributed by atoms with van der Waals surface area (Å²) >= 11 is 0. The molecule has 0 atom stereocenters. The zero-order valence-electron chi connectivity index (χ0n) is 15.4. The second-order valence-corrected chi connectivity index (χ2v) is 7.90. The SMILES string of the molecule is CCC1CCC2(CC1)NC(=O)N(CC(=O)N1CCCCCCC1)C2=O. The van der Waals surface area contributed by atoms with Crippen LogP contribution in [0.1, 0.15) is 71.1 Å². The molecular formula is C19H31N3O3. The van der Waals surface area contributed by atoms with E-state index in [1.54, 1.807) is 0 Å². The van der Waals surface area contributed by atoms with Crippen molar-refractivity contribution in [1.82, 2.24) is 15.1 Å². The Bertz CT molecular complexity index is 518. The van der Waals surface area contributed by atoms with Crippen LogP contribution in [-0.4, -0.2) is 52.8 Å². The number of urea groups is 1. The first-order valence-electron chi connectivity index (χ1n) is 9.97. The van der Waals surface area contributed by atoms with Crippen molar-refractivity contribution in [1.29, 1.82) is 0 Å². The molecule has 25 heavy (non-hydrogen) atoms. The standard InChI is InChI=1S/C19H31N3O3/c1-2-15-8-10-19(11-9-15)17(24)22(18(25)20-19)14-16(23)21-12-6-4-3-5-7-13-21/h15H,2-14H2,1H3,(H,20,25). The lowest BCUT2D eigenvalue weighted by atomic mass is 9.75. The summed E-state index contributed by atoms with van der Waals surface area (Å²) in [4.78, 5) is 40.9. The molecule has 6 heteroatoms. The molecule has 3 fully saturated rings. The van der Waals surface area contributed by atoms with Gasteiger partial charge in [0, 0.05) is 13.1 Å². The molecule has 140 valence electrons. The quantitative estimate of drug-likeness (QED) is 0.797. The van der Waals surface area contributed by atoms with Crippen molar-refractivity contribution in [2.75, 3.05) is 19.6 Å². The average Bonchev–Trinajstić information content (AvgIpc) is 2.79. The Morgan fingerprint density at radius 1 is 1.08 bits per heavy atom. The van der Waals surface area contributed by atoms with Gasteiger partial charge in [-0.3, -0.25) is 14.5 Å². The Hall–Kier alpha value is -1.59. The minimum absolute atomic E-state index is 0.0929. The first-order valence-corrected chi connectivity index (χ1v) is 9.97. The summed E-state index contributed by atoms with van der Waals surface area (Å²) in [6.07, 6.45) is 10.00. The van der Waals surface area contributed by atoms with Crippen LogP contribution in [-0.2, 0) is 9.59 Å². The Morgan fingerprint density at radius 3 is 2.28 bits per heavy atom. The maximum absolute atomic E-state index is 12.9. The number of carbonyl (C=O) groups is 3. The van der Waals surface area contributed by atoms with E-state index in [9.17, 15) is 14.4 Å². The molecule has 3 aliphatic rings. The van der Waals surface area contributed by atoms with Gasteiger partial charge in [-0.1, -0.05) is 32.6 Å². The highest BCUT2D eigenvalue weighted by atomic mass is 16.2. The number of carbonyl (C=O) groups excluding carboxylic acids is 3. The third-order valence-corrected chi connectivity index (χ3v) is 6.28. The van der Waals surface area contributed by atoms with E-state index in [4.69, 9.17) is 0 Å². The van der Waals surface area contributed by atoms with Gasteiger partial charge in [-0.05, 0) is 44.4 Å². The zero-order chi connectivity index (χ0) is 17.9. The third kappa shape index (κ3) is 3.82. The number of hydrogen-bond acceptors (Lipinski definition) is 3. The number of likely N-dealkylation sites (tertiary alicyclic amines) is 1. The molecule has 2 heterocycles. The molecule has 1 saturated carbocycles. The highest BCUT2D eigenvalue weighted by Crippen LogP contribution is 2.37. The molecule has 0 aromatic heterocycles. The maximum atomic E-state index is 12.9. The van der Waals surface area contributed by atoms with Gasteiger partial charge >= 0.3 is 6.03 Å². The van der Waals surface area contributed by atoms with Gasteiger partial charge in [-0.15, -0.1) is 0 Å². The van der Waals surface area contributed by atoms with Crippen LogP contribution < -0.4 is 5.32 Å². The summed E-state index contributed by atoms with van der Waals surface area (Å²) in [7, 11) is 0. The molecule has 0 aromatic carbocycles. The Balaban J connectivity index is 1.61. The van der Waals surface area contributed by atoms with Crippen molar-refractivity contribution in [2.45, 2.75) is 76.7 Å². The lowest BCUT2D eigenvalue weighted by molar-refractivity contribution is -0.140. The van der Waals surface area contributed by atoms with Gasteiger partial charge < -0.3 is 10.2 Å². The molecule has 6 nitrogen and oxygen atoms in total. The number of nitrogens with zero attached hydrogens (tertiary/aromatic N) is 2. The van der Waals surface area contributed by atoms with E-state index in [0.717, 1.165) is 62.9 Å². The van der Waals surface area contributed by atoms with Crippen LogP contribution in [0.3, 0.4) is 0 Å². The van der Waals surface area contributed by atoms with Crippen molar-refractivity contribution in [3.8, 4) is 0 Å². The van der Waals surface area contributed by atoms with Crippen LogP contribution in [0.25, 0.3) is 0 Å². The number of nitrogens with one attached hydrogen (secondary N) is 1. The number of rotatable bonds is 3. The summed E-state index contributed by atoms with van der Waals surface area (Å²) in [5.41, 5.74) is -0.751. The van der Waals surface area contributed by atoms with E-state index in [2.05, 4.69) is 12.2 Å². The van der Waals surface area contributed by atoms with E-state index in [-0.39, 0.29) is 24.4 Å². The number of hydrogen-bond donors (Lipinski definition) is 1. The van der Waals surface area contributed by atoms with E-state index >= 15 is 0 Å². The smallest absolute Gasteiger partial charge is 0.325 e. The topological polar surface area (TPSA) is 69.7 Å². The summed E-state index contributed by atoms with van der Waals surface area (Å²) in [5.74, 6) is 0.365. The third-order valence-electron chi connectivity index (χ3n) is 6.28. The first kappa shape index (κ1) is 18.2. The molecule has 1 aliphatic carbocycles. The molecule has 3 rings (SSSR count). The van der Waals surface area contributed by atoms with Crippen molar-refractivity contribution in [2.24, 2.45) is 5.92 Å². The van der Waals surface area contributed by atoms with Gasteiger partial charge in [0.1, 0.15) is 12.1 Å². The van der Waals surface area contributed by atoms with Crippen LogP contribution >= 0.6 is 0 Å². The van der Waals surface area contributed by atoms with Crippen LogP contribution in [0.4, 0.5) is 4.79 Å². The normalized spacial score (nSPS) is 31.0. The lowest BCUT2D eigenvalue weighted by Crippen LogP contribution is -2.50. The van der Waals surface area contributed by atoms with Crippen LogP contribution in [0.2, 0.25) is 0 Å². The summed E-state index contributed by atoms with van der Waals surface area (Å²) in [6.45, 7) is 3.55. The van der Waals surface area contributed by atoms with Crippen molar-refractivity contribution in [3.63, 3.8) is 0 Å². The van der Waals surface area contributed by atoms with Crippen molar-refractivity contribution < 1.29 is 14.4 Å². The first-order chi connectivity index (χ1) is 12.1. The van der Waals surface area contributed by atoms with Crippen molar-refractivity contribution in [3.05, 3.63) is 0 Å². The van der Waals surface area contributed by atoms with Gasteiger partial charge in [-0.2, -0.15) is 0 Å². The fourth-order valence-electron chi connectivity index (χ4n) is 4.47. The Labute approximate surface area is 150 Å². The van der Waals surface area contributed by atoms with Crippen molar-refractivity contribution >= 4 is 17.8 Å². The Morgan fingerprint density at radius 2 is 1.68 bits per heavy atom. The van der Waals surface area contributed by atoms with Gasteiger partial charge in [0.2, 0.25) is 5.91 Å². The molecule has 0 radical (unpaired) electrons.